The minimum atomic E-state index is -4.70. The zero-order valence-corrected chi connectivity index (χ0v) is 49.0. The highest BCUT2D eigenvalue weighted by Gasteiger charge is 2.27. The molecule has 72 heavy (non-hydrogen) atoms. The van der Waals surface area contributed by atoms with E-state index in [2.05, 4.69) is 62.5 Å². The summed E-state index contributed by atoms with van der Waals surface area (Å²) in [5, 5.41) is 3.03. The lowest BCUT2D eigenvalue weighted by molar-refractivity contribution is -0.870. The summed E-state index contributed by atoms with van der Waals surface area (Å²) < 4.78 is 30.3. The van der Waals surface area contributed by atoms with Gasteiger partial charge in [-0.3, -0.25) is 14.2 Å². The number of hydrogen-bond donors (Lipinski definition) is 1. The number of esters is 1. The fourth-order valence-electron chi connectivity index (χ4n) is 8.76. The molecular formula is C62H117N2O7P. The quantitative estimate of drug-likeness (QED) is 0.0212. The number of phosphoric ester groups is 1. The number of carbonyl (C=O) groups is 2. The van der Waals surface area contributed by atoms with Crippen molar-refractivity contribution >= 4 is 19.7 Å². The maximum absolute atomic E-state index is 13.5. The molecule has 0 aromatic heterocycles. The van der Waals surface area contributed by atoms with Gasteiger partial charge in [-0.25, -0.2) is 0 Å². The first-order chi connectivity index (χ1) is 34.9. The normalized spacial score (nSPS) is 14.0. The van der Waals surface area contributed by atoms with Gasteiger partial charge in [0.15, 0.2) is 0 Å². The van der Waals surface area contributed by atoms with Gasteiger partial charge in [0.2, 0.25) is 5.91 Å². The molecular weight excluding hydrogens is 916 g/mol. The highest BCUT2D eigenvalue weighted by Crippen LogP contribution is 2.38. The molecule has 10 heteroatoms. The lowest BCUT2D eigenvalue weighted by Gasteiger charge is -2.30. The Kier molecular flexibility index (Phi) is 50.9. The second kappa shape index (κ2) is 52.4. The largest absolute Gasteiger partial charge is 0.756 e. The van der Waals surface area contributed by atoms with Crippen molar-refractivity contribution in [2.75, 3.05) is 40.9 Å². The van der Waals surface area contributed by atoms with Crippen LogP contribution in [-0.4, -0.2) is 69.4 Å². The molecule has 3 atom stereocenters. The van der Waals surface area contributed by atoms with Crippen LogP contribution in [0.2, 0.25) is 0 Å². The summed E-state index contributed by atoms with van der Waals surface area (Å²) in [6.45, 7) is 6.82. The van der Waals surface area contributed by atoms with Crippen molar-refractivity contribution in [1.82, 2.24) is 5.32 Å². The molecule has 0 aromatic carbocycles. The summed E-state index contributed by atoms with van der Waals surface area (Å²) in [7, 11) is 1.18. The summed E-state index contributed by atoms with van der Waals surface area (Å²) in [5.74, 6) is -0.556. The van der Waals surface area contributed by atoms with Crippen LogP contribution in [0.1, 0.15) is 284 Å². The van der Waals surface area contributed by atoms with E-state index in [1.165, 1.54) is 167 Å². The average molecular weight is 1030 g/mol. The number of rotatable bonds is 55. The van der Waals surface area contributed by atoms with Gasteiger partial charge in [0.25, 0.3) is 7.82 Å². The molecule has 0 fully saturated rings. The molecule has 3 unspecified atom stereocenters. The van der Waals surface area contributed by atoms with E-state index in [0.29, 0.717) is 23.9 Å². The molecule has 0 bridgehead atoms. The third-order valence-electron chi connectivity index (χ3n) is 13.5. The number of likely N-dealkylation sites (N-methyl/N-ethyl adjacent to an activating group) is 1. The van der Waals surface area contributed by atoms with E-state index in [-0.39, 0.29) is 24.9 Å². The van der Waals surface area contributed by atoms with E-state index in [0.717, 1.165) is 77.0 Å². The fourth-order valence-corrected chi connectivity index (χ4v) is 9.49. The Labute approximate surface area is 446 Å². The van der Waals surface area contributed by atoms with Crippen LogP contribution >= 0.6 is 7.82 Å². The summed E-state index contributed by atoms with van der Waals surface area (Å²) in [6.07, 6.45) is 63.5. The number of ether oxygens (including phenoxy) is 1. The maximum Gasteiger partial charge on any atom is 0.306 e. The van der Waals surface area contributed by atoms with Crippen LogP contribution in [0.3, 0.4) is 0 Å². The standard InChI is InChI=1S/C62H117N2O7P/c1-7-10-13-16-19-22-25-28-30-32-34-37-40-43-46-49-52-55-62(66)71-60(53-50-47-44-41-38-35-27-24-21-18-15-12-9-3)59(58-70-72(67,68)69-57-56-64(4,5)6)63-61(65)54-51-48-45-42-39-36-33-31-29-26-23-20-17-14-11-8-2/h19,22,28,30,34,37,50,53,59-60H,7-18,20-21,23-27,29,31-33,35-36,38-49,51-52,54-58H2,1-6H3,(H-,63,65,67,68)/b22-19-,30-28-,37-34-,53-50+. The van der Waals surface area contributed by atoms with Crippen LogP contribution in [0, 0.1) is 0 Å². The van der Waals surface area contributed by atoms with E-state index >= 15 is 0 Å². The number of nitrogens with one attached hydrogen (secondary N) is 1. The van der Waals surface area contributed by atoms with Gasteiger partial charge in [-0.2, -0.15) is 0 Å². The van der Waals surface area contributed by atoms with Crippen LogP contribution in [0.5, 0.6) is 0 Å². The Morgan fingerprint density at radius 3 is 1.29 bits per heavy atom. The van der Waals surface area contributed by atoms with Gasteiger partial charge in [-0.1, -0.05) is 250 Å². The van der Waals surface area contributed by atoms with Crippen LogP contribution in [0.15, 0.2) is 48.6 Å². The second-order valence-corrected chi connectivity index (χ2v) is 23.3. The molecule has 422 valence electrons. The van der Waals surface area contributed by atoms with Crippen LogP contribution < -0.4 is 10.2 Å². The Bertz CT molecular complexity index is 1380. The third-order valence-corrected chi connectivity index (χ3v) is 14.5. The van der Waals surface area contributed by atoms with Crippen molar-refractivity contribution in [3.63, 3.8) is 0 Å². The highest BCUT2D eigenvalue weighted by molar-refractivity contribution is 7.45. The molecule has 0 saturated heterocycles. The molecule has 0 aliphatic carbocycles. The van der Waals surface area contributed by atoms with E-state index in [1.807, 2.05) is 33.3 Å². The number of nitrogens with zero attached hydrogens (tertiary/aromatic N) is 1. The lowest BCUT2D eigenvalue weighted by atomic mass is 10.0. The zero-order chi connectivity index (χ0) is 52.9. The molecule has 0 rings (SSSR count). The smallest absolute Gasteiger partial charge is 0.306 e. The van der Waals surface area contributed by atoms with Crippen LogP contribution in [-0.2, 0) is 27.9 Å². The summed E-state index contributed by atoms with van der Waals surface area (Å²) >= 11 is 0. The molecule has 0 heterocycles. The number of phosphoric acid groups is 1. The molecule has 0 saturated carbocycles. The summed E-state index contributed by atoms with van der Waals surface area (Å²) in [5.41, 5.74) is 0. The maximum atomic E-state index is 13.5. The number of amides is 1. The topological polar surface area (TPSA) is 114 Å². The van der Waals surface area contributed by atoms with Crippen molar-refractivity contribution in [2.24, 2.45) is 0 Å². The number of quaternary nitrogens is 1. The minimum Gasteiger partial charge on any atom is -0.756 e. The monoisotopic (exact) mass is 1030 g/mol. The first-order valence-corrected chi connectivity index (χ1v) is 31.9. The number of unbranched alkanes of at least 4 members (excludes halogenated alkanes) is 33. The van der Waals surface area contributed by atoms with Gasteiger partial charge in [-0.05, 0) is 70.3 Å². The lowest BCUT2D eigenvalue weighted by Crippen LogP contribution is -2.47. The Morgan fingerprint density at radius 2 is 0.847 bits per heavy atom. The molecule has 1 amide bonds. The van der Waals surface area contributed by atoms with E-state index < -0.39 is 26.6 Å². The van der Waals surface area contributed by atoms with Gasteiger partial charge in [0, 0.05) is 12.8 Å². The van der Waals surface area contributed by atoms with E-state index in [9.17, 15) is 19.0 Å². The SMILES string of the molecule is CCCCC/C=C\C/C=C\C/C=C\CCCCCCC(=O)OC(/C=C/CCCCCCCCCCCCC)C(COP(=O)([O-])OCC[N+](C)(C)C)NC(=O)CCCCCCCCCCCCCCCCCC. The fraction of sp³-hybridized carbons (Fsp3) is 0.839. The molecule has 0 spiro atoms. The van der Waals surface area contributed by atoms with Crippen LogP contribution in [0.4, 0.5) is 0 Å². The Morgan fingerprint density at radius 1 is 0.486 bits per heavy atom. The molecule has 0 aliphatic rings. The summed E-state index contributed by atoms with van der Waals surface area (Å²) in [6, 6.07) is -0.894. The molecule has 1 N–H and O–H groups in total. The molecule has 0 aromatic rings. The van der Waals surface area contributed by atoms with Crippen molar-refractivity contribution in [2.45, 2.75) is 296 Å². The van der Waals surface area contributed by atoms with Crippen molar-refractivity contribution in [3.05, 3.63) is 48.6 Å². The van der Waals surface area contributed by atoms with Gasteiger partial charge < -0.3 is 28.5 Å². The minimum absolute atomic E-state index is 0.0250. The third kappa shape index (κ3) is 52.8. The van der Waals surface area contributed by atoms with Crippen molar-refractivity contribution in [1.29, 1.82) is 0 Å². The predicted octanol–water partition coefficient (Wildman–Crippen LogP) is 17.9. The average Bonchev–Trinajstić information content (AvgIpc) is 3.34. The van der Waals surface area contributed by atoms with Crippen molar-refractivity contribution in [3.8, 4) is 0 Å². The number of allylic oxidation sites excluding steroid dienone is 7. The summed E-state index contributed by atoms with van der Waals surface area (Å²) in [4.78, 5) is 39.9. The van der Waals surface area contributed by atoms with Gasteiger partial charge >= 0.3 is 5.97 Å². The van der Waals surface area contributed by atoms with Gasteiger partial charge in [0.1, 0.15) is 19.3 Å². The van der Waals surface area contributed by atoms with Gasteiger partial charge in [0.05, 0.1) is 33.8 Å². The molecule has 0 radical (unpaired) electrons. The Balaban J connectivity index is 5.35. The second-order valence-electron chi connectivity index (χ2n) is 21.9. The first-order valence-electron chi connectivity index (χ1n) is 30.4. The number of hydrogen-bond acceptors (Lipinski definition) is 7. The zero-order valence-electron chi connectivity index (χ0n) is 48.1. The predicted molar refractivity (Wildman–Crippen MR) is 307 cm³/mol. The van der Waals surface area contributed by atoms with Gasteiger partial charge in [-0.15, -0.1) is 0 Å². The molecule has 0 aliphatic heterocycles. The van der Waals surface area contributed by atoms with E-state index in [1.54, 1.807) is 0 Å². The van der Waals surface area contributed by atoms with Crippen LogP contribution in [0.25, 0.3) is 0 Å². The molecule has 9 nitrogen and oxygen atoms in total. The first kappa shape index (κ1) is 70.0. The van der Waals surface area contributed by atoms with Crippen molar-refractivity contribution < 1.29 is 37.3 Å². The number of carbonyl (C=O) groups excluding carboxylic acids is 2. The Hall–Kier alpha value is -2.03. The highest BCUT2D eigenvalue weighted by atomic mass is 31.2. The van der Waals surface area contributed by atoms with E-state index in [4.69, 9.17) is 13.8 Å².